The Morgan fingerprint density at radius 3 is 2.68 bits per heavy atom. The third-order valence-corrected chi connectivity index (χ3v) is 5.11. The summed E-state index contributed by atoms with van der Waals surface area (Å²) in [5.41, 5.74) is 2.15. The molecular weight excluding hydrogens is 507 g/mol. The number of piperazine rings is 1. The van der Waals surface area contributed by atoms with Crippen molar-refractivity contribution in [1.82, 2.24) is 20.0 Å². The number of nitrogens with one attached hydrogen (secondary N) is 1. The van der Waals surface area contributed by atoms with Gasteiger partial charge >= 0.3 is 0 Å². The Morgan fingerprint density at radius 2 is 2.00 bits per heavy atom. The fourth-order valence-electron chi connectivity index (χ4n) is 3.47. The highest BCUT2D eigenvalue weighted by atomic mass is 127. The lowest BCUT2D eigenvalue weighted by atomic mass is 10.2. The molecular formula is C22H33IN6O2. The largest absolute Gasteiger partial charge is 0.381 e. The quantitative estimate of drug-likeness (QED) is 0.229. The van der Waals surface area contributed by atoms with Crippen molar-refractivity contribution in [1.29, 1.82) is 0 Å². The summed E-state index contributed by atoms with van der Waals surface area (Å²) >= 11 is 0. The number of rotatable bonds is 9. The molecule has 3 rings (SSSR count). The van der Waals surface area contributed by atoms with Gasteiger partial charge in [-0.15, -0.1) is 24.0 Å². The Bertz CT molecular complexity index is 826. The number of aryl methyl sites for hydroxylation is 1. The predicted octanol–water partition coefficient (Wildman–Crippen LogP) is 2.30. The molecule has 9 heteroatoms. The maximum Gasteiger partial charge on any atom is 0.246 e. The van der Waals surface area contributed by atoms with E-state index in [1.807, 2.05) is 24.2 Å². The Balaban J connectivity index is 0.00000341. The van der Waals surface area contributed by atoms with E-state index in [0.29, 0.717) is 13.1 Å². The van der Waals surface area contributed by atoms with E-state index < -0.39 is 0 Å². The first-order valence-electron chi connectivity index (χ1n) is 10.5. The van der Waals surface area contributed by atoms with Gasteiger partial charge in [0.05, 0.1) is 18.5 Å². The monoisotopic (exact) mass is 540 g/mol. The number of hydrogen-bond acceptors (Lipinski definition) is 4. The van der Waals surface area contributed by atoms with Crippen LogP contribution in [0.2, 0.25) is 0 Å². The van der Waals surface area contributed by atoms with E-state index in [1.165, 1.54) is 5.56 Å². The predicted molar refractivity (Wildman–Crippen MR) is 134 cm³/mol. The Kier molecular flexibility index (Phi) is 10.8. The van der Waals surface area contributed by atoms with E-state index in [-0.39, 0.29) is 29.9 Å². The normalized spacial score (nSPS) is 14.5. The molecule has 1 saturated heterocycles. The summed E-state index contributed by atoms with van der Waals surface area (Å²) in [5.74, 6) is 0.836. The van der Waals surface area contributed by atoms with Crippen LogP contribution in [-0.4, -0.2) is 73.0 Å². The molecule has 1 N–H and O–H groups in total. The molecule has 1 aromatic heterocycles. The molecule has 0 atom stereocenters. The van der Waals surface area contributed by atoms with Crippen molar-refractivity contribution in [3.05, 3.63) is 48.3 Å². The second-order valence-electron chi connectivity index (χ2n) is 7.37. The topological polar surface area (TPSA) is 75.0 Å². The van der Waals surface area contributed by atoms with Crippen LogP contribution in [0.25, 0.3) is 0 Å². The maximum absolute atomic E-state index is 12.6. The minimum Gasteiger partial charge on any atom is -0.381 e. The van der Waals surface area contributed by atoms with Crippen LogP contribution in [0, 0.1) is 0 Å². The maximum atomic E-state index is 12.6. The number of carbonyl (C=O) groups excluding carboxylic acids is 1. The van der Waals surface area contributed by atoms with Crippen molar-refractivity contribution in [2.45, 2.75) is 19.3 Å². The summed E-state index contributed by atoms with van der Waals surface area (Å²) < 4.78 is 7.44. The number of halogens is 1. The van der Waals surface area contributed by atoms with E-state index in [1.54, 1.807) is 22.8 Å². The number of hydrogen-bond donors (Lipinski definition) is 1. The fraction of sp³-hybridized carbons (Fsp3) is 0.500. The summed E-state index contributed by atoms with van der Waals surface area (Å²) in [6.07, 6.45) is 6.52. The van der Waals surface area contributed by atoms with Gasteiger partial charge in [0.15, 0.2) is 5.96 Å². The molecule has 2 heterocycles. The van der Waals surface area contributed by atoms with Gasteiger partial charge in [-0.05, 0) is 24.8 Å². The van der Waals surface area contributed by atoms with Gasteiger partial charge in [0.25, 0.3) is 0 Å². The molecule has 0 saturated carbocycles. The van der Waals surface area contributed by atoms with Crippen LogP contribution >= 0.6 is 24.0 Å². The molecule has 1 aliphatic rings. The van der Waals surface area contributed by atoms with Gasteiger partial charge in [-0.25, -0.2) is 0 Å². The highest BCUT2D eigenvalue weighted by Gasteiger charge is 2.27. The van der Waals surface area contributed by atoms with Crippen molar-refractivity contribution >= 4 is 41.5 Å². The van der Waals surface area contributed by atoms with E-state index in [2.05, 4.69) is 39.7 Å². The minimum absolute atomic E-state index is 0. The van der Waals surface area contributed by atoms with Crippen LogP contribution < -0.4 is 10.2 Å². The van der Waals surface area contributed by atoms with Crippen LogP contribution in [0.3, 0.4) is 0 Å². The smallest absolute Gasteiger partial charge is 0.246 e. The van der Waals surface area contributed by atoms with E-state index in [4.69, 9.17) is 4.74 Å². The fourth-order valence-corrected chi connectivity index (χ4v) is 3.47. The van der Waals surface area contributed by atoms with Crippen molar-refractivity contribution < 1.29 is 9.53 Å². The van der Waals surface area contributed by atoms with Gasteiger partial charge in [-0.2, -0.15) is 5.10 Å². The Hall–Kier alpha value is -2.14. The zero-order chi connectivity index (χ0) is 21.2. The van der Waals surface area contributed by atoms with Gasteiger partial charge in [0.2, 0.25) is 5.91 Å². The number of guanidine groups is 1. The molecule has 1 aromatic carbocycles. The number of anilines is 1. The molecule has 170 valence electrons. The van der Waals surface area contributed by atoms with Crippen LogP contribution in [-0.2, 0) is 23.0 Å². The lowest BCUT2D eigenvalue weighted by molar-refractivity contribution is -0.120. The number of nitrogens with zero attached hydrogens (tertiary/aromatic N) is 5. The zero-order valence-electron chi connectivity index (χ0n) is 18.4. The molecule has 1 aliphatic heterocycles. The van der Waals surface area contributed by atoms with Crippen LogP contribution in [0.15, 0.2) is 47.7 Å². The molecule has 1 amide bonds. The molecule has 0 bridgehead atoms. The van der Waals surface area contributed by atoms with Gasteiger partial charge in [0.1, 0.15) is 6.54 Å². The first kappa shape index (κ1) is 25.1. The van der Waals surface area contributed by atoms with Crippen LogP contribution in [0.4, 0.5) is 5.69 Å². The van der Waals surface area contributed by atoms with E-state index >= 15 is 0 Å². The lowest BCUT2D eigenvalue weighted by Gasteiger charge is -2.35. The third-order valence-electron chi connectivity index (χ3n) is 5.11. The molecule has 0 aliphatic carbocycles. The number of carbonyl (C=O) groups is 1. The number of aliphatic imine (C=N–C) groups is 1. The van der Waals surface area contributed by atoms with E-state index in [9.17, 15) is 4.79 Å². The Labute approximate surface area is 201 Å². The van der Waals surface area contributed by atoms with Crippen molar-refractivity contribution in [2.24, 2.45) is 12.0 Å². The molecule has 0 radical (unpaired) electrons. The molecule has 0 unspecified atom stereocenters. The zero-order valence-corrected chi connectivity index (χ0v) is 20.7. The van der Waals surface area contributed by atoms with Crippen LogP contribution in [0.5, 0.6) is 0 Å². The first-order chi connectivity index (χ1) is 14.7. The number of benzene rings is 1. The molecule has 8 nitrogen and oxygen atoms in total. The van der Waals surface area contributed by atoms with Crippen molar-refractivity contribution in [3.63, 3.8) is 0 Å². The SMILES string of the molecule is CN=C(NCCCCOCCc1ccccc1)N1CCN(c2cnn(C)c2)C(=O)C1.I. The highest BCUT2D eigenvalue weighted by Crippen LogP contribution is 2.16. The highest BCUT2D eigenvalue weighted by molar-refractivity contribution is 14.0. The number of unbranched alkanes of at least 4 members (excludes halogenated alkanes) is 1. The second kappa shape index (κ2) is 13.3. The number of ether oxygens (including phenoxy) is 1. The molecule has 31 heavy (non-hydrogen) atoms. The van der Waals surface area contributed by atoms with Gasteiger partial charge < -0.3 is 19.9 Å². The van der Waals surface area contributed by atoms with E-state index in [0.717, 1.165) is 57.2 Å². The summed E-state index contributed by atoms with van der Waals surface area (Å²) in [7, 11) is 3.61. The van der Waals surface area contributed by atoms with Crippen LogP contribution in [0.1, 0.15) is 18.4 Å². The summed E-state index contributed by atoms with van der Waals surface area (Å²) in [6, 6.07) is 10.4. The first-order valence-corrected chi connectivity index (χ1v) is 10.5. The number of aromatic nitrogens is 2. The van der Waals surface area contributed by atoms with Crippen molar-refractivity contribution in [2.75, 3.05) is 51.3 Å². The van der Waals surface area contributed by atoms with Gasteiger partial charge in [-0.1, -0.05) is 30.3 Å². The second-order valence-corrected chi connectivity index (χ2v) is 7.37. The summed E-state index contributed by atoms with van der Waals surface area (Å²) in [4.78, 5) is 20.7. The standard InChI is InChI=1S/C22H32N6O2.HI/c1-23-22(24-11-6-7-14-30-15-10-19-8-4-3-5-9-19)27-12-13-28(21(29)18-27)20-16-25-26(2)17-20;/h3-5,8-9,16-17H,6-7,10-15,18H2,1-2H3,(H,23,24);1H. The van der Waals surface area contributed by atoms with Crippen molar-refractivity contribution in [3.8, 4) is 0 Å². The molecule has 1 fully saturated rings. The average Bonchev–Trinajstić information content (AvgIpc) is 3.19. The Morgan fingerprint density at radius 1 is 1.19 bits per heavy atom. The molecule has 0 spiro atoms. The summed E-state index contributed by atoms with van der Waals surface area (Å²) in [6.45, 7) is 4.00. The molecule has 2 aromatic rings. The minimum atomic E-state index is 0. The number of amides is 1. The summed E-state index contributed by atoms with van der Waals surface area (Å²) in [5, 5.41) is 7.52. The van der Waals surface area contributed by atoms with Gasteiger partial charge in [0, 0.05) is 46.5 Å². The average molecular weight is 540 g/mol. The lowest BCUT2D eigenvalue weighted by Crippen LogP contribution is -2.55. The third kappa shape index (κ3) is 7.80. The van der Waals surface area contributed by atoms with Gasteiger partial charge in [-0.3, -0.25) is 14.5 Å².